The molecule has 5 nitrogen and oxygen atoms in total. The van der Waals surface area contributed by atoms with E-state index >= 15 is 0 Å². The van der Waals surface area contributed by atoms with E-state index in [1.54, 1.807) is 42.8 Å². The van der Waals surface area contributed by atoms with Crippen molar-refractivity contribution in [3.05, 3.63) is 60.0 Å². The predicted molar refractivity (Wildman–Crippen MR) is 83.0 cm³/mol. The summed E-state index contributed by atoms with van der Waals surface area (Å²) in [5.74, 6) is 0.670. The number of nitrogens with zero attached hydrogens (tertiary/aromatic N) is 5. The Labute approximate surface area is 124 Å². The van der Waals surface area contributed by atoms with Gasteiger partial charge in [-0.05, 0) is 6.08 Å². The summed E-state index contributed by atoms with van der Waals surface area (Å²) in [6.45, 7) is 0. The van der Waals surface area contributed by atoms with Crippen LogP contribution in [0.5, 0.6) is 0 Å². The number of rotatable bonds is 5. The lowest BCUT2D eigenvalue weighted by atomic mass is 10.3. The van der Waals surface area contributed by atoms with E-state index < -0.39 is 0 Å². The minimum Gasteiger partial charge on any atom is -0.347 e. The topological polar surface area (TPSA) is 76.6 Å². The Morgan fingerprint density at radius 2 is 1.57 bits per heavy atom. The van der Waals surface area contributed by atoms with Crippen molar-refractivity contribution in [2.24, 2.45) is 0 Å². The highest BCUT2D eigenvalue weighted by Crippen LogP contribution is 2.04. The Hall–Kier alpha value is -3.18. The van der Waals surface area contributed by atoms with Gasteiger partial charge in [0, 0.05) is 32.1 Å². The molecule has 1 aromatic rings. The summed E-state index contributed by atoms with van der Waals surface area (Å²) in [4.78, 5) is 10.2. The van der Waals surface area contributed by atoms with Crippen molar-refractivity contribution in [3.63, 3.8) is 0 Å². The zero-order valence-corrected chi connectivity index (χ0v) is 11.9. The minimum atomic E-state index is 0.0772. The lowest BCUT2D eigenvalue weighted by molar-refractivity contribution is 0.996. The van der Waals surface area contributed by atoms with Gasteiger partial charge in [-0.3, -0.25) is 0 Å². The molecule has 0 aliphatic carbocycles. The molecule has 5 heteroatoms. The molecule has 0 unspecified atom stereocenters. The zero-order valence-electron chi connectivity index (χ0n) is 11.9. The van der Waals surface area contributed by atoms with Gasteiger partial charge in [0.25, 0.3) is 0 Å². The first kappa shape index (κ1) is 15.9. The molecule has 0 aromatic carbocycles. The van der Waals surface area contributed by atoms with E-state index in [-0.39, 0.29) is 5.57 Å². The van der Waals surface area contributed by atoms with Crippen LogP contribution in [0.15, 0.2) is 54.4 Å². The summed E-state index contributed by atoms with van der Waals surface area (Å²) in [7, 11) is 3.77. The average molecular weight is 277 g/mol. The van der Waals surface area contributed by atoms with Crippen LogP contribution in [0.2, 0.25) is 0 Å². The summed E-state index contributed by atoms with van der Waals surface area (Å²) in [5, 5.41) is 17.1. The van der Waals surface area contributed by atoms with Gasteiger partial charge in [0.05, 0.1) is 0 Å². The maximum absolute atomic E-state index is 8.53. The second-order valence-electron chi connectivity index (χ2n) is 4.14. The molecule has 1 rings (SSSR count). The van der Waals surface area contributed by atoms with Gasteiger partial charge in [0.1, 0.15) is 17.7 Å². The highest BCUT2D eigenvalue weighted by atomic mass is 15.2. The van der Waals surface area contributed by atoms with Crippen molar-refractivity contribution in [2.45, 2.75) is 0 Å². The Kier molecular flexibility index (Phi) is 6.68. The van der Waals surface area contributed by atoms with E-state index in [9.17, 15) is 0 Å². The van der Waals surface area contributed by atoms with Gasteiger partial charge in [0.15, 0.2) is 0 Å². The Morgan fingerprint density at radius 3 is 2.14 bits per heavy atom. The summed E-state index contributed by atoms with van der Waals surface area (Å²) in [5.41, 5.74) is 0.985. The second-order valence-corrected chi connectivity index (χ2v) is 4.14. The summed E-state index contributed by atoms with van der Waals surface area (Å²) >= 11 is 0. The quantitative estimate of drug-likeness (QED) is 0.610. The number of hydrogen-bond acceptors (Lipinski definition) is 5. The van der Waals surface area contributed by atoms with E-state index in [0.29, 0.717) is 5.95 Å². The van der Waals surface area contributed by atoms with Gasteiger partial charge in [-0.1, -0.05) is 36.5 Å². The van der Waals surface area contributed by atoms with Crippen LogP contribution >= 0.6 is 0 Å². The van der Waals surface area contributed by atoms with Crippen molar-refractivity contribution >= 4 is 12.0 Å². The molecule has 0 fully saturated rings. The summed E-state index contributed by atoms with van der Waals surface area (Å²) < 4.78 is 0. The second kappa shape index (κ2) is 8.84. The van der Waals surface area contributed by atoms with Gasteiger partial charge in [0.2, 0.25) is 5.95 Å². The van der Waals surface area contributed by atoms with Crippen molar-refractivity contribution < 1.29 is 0 Å². The van der Waals surface area contributed by atoms with Crippen LogP contribution in [0.3, 0.4) is 0 Å². The number of allylic oxidation sites excluding steroid dienone is 7. The Morgan fingerprint density at radius 1 is 1.00 bits per heavy atom. The van der Waals surface area contributed by atoms with E-state index in [1.165, 1.54) is 6.08 Å². The van der Waals surface area contributed by atoms with Crippen molar-refractivity contribution in [2.75, 3.05) is 19.0 Å². The molecule has 0 spiro atoms. The molecule has 0 atom stereocenters. The molecular weight excluding hydrogens is 262 g/mol. The first-order valence-corrected chi connectivity index (χ1v) is 6.18. The van der Waals surface area contributed by atoms with E-state index in [2.05, 4.69) is 9.97 Å². The molecule has 0 bridgehead atoms. The maximum Gasteiger partial charge on any atom is 0.224 e. The average Bonchev–Trinajstić information content (AvgIpc) is 2.50. The van der Waals surface area contributed by atoms with Gasteiger partial charge in [-0.15, -0.1) is 0 Å². The fraction of sp³-hybridized carbons (Fsp3) is 0.125. The molecule has 104 valence electrons. The molecule has 1 heterocycles. The highest BCUT2D eigenvalue weighted by molar-refractivity contribution is 5.50. The molecule has 0 amide bonds. The number of aromatic nitrogens is 2. The lowest BCUT2D eigenvalue weighted by Gasteiger charge is -2.08. The number of anilines is 1. The van der Waals surface area contributed by atoms with Crippen LogP contribution in [0.4, 0.5) is 5.95 Å². The van der Waals surface area contributed by atoms with Crippen LogP contribution in [0.25, 0.3) is 6.08 Å². The molecule has 1 aromatic heterocycles. The molecule has 0 radical (unpaired) electrons. The first-order valence-electron chi connectivity index (χ1n) is 6.18. The normalized spacial score (nSPS) is 10.7. The third kappa shape index (κ3) is 6.00. The minimum absolute atomic E-state index is 0.0772. The molecule has 0 N–H and O–H groups in total. The van der Waals surface area contributed by atoms with Crippen LogP contribution < -0.4 is 4.90 Å². The standard InChI is InChI=1S/C16H15N5/c1-21(2)16-19-12-15(13-20-16)9-7-5-3-4-6-8-14(10-17)11-18/h3-9,12-13H,1-2H3/b5-3+,6-4+,9-7+. The van der Waals surface area contributed by atoms with Crippen LogP contribution in [-0.4, -0.2) is 24.1 Å². The largest absolute Gasteiger partial charge is 0.347 e. The SMILES string of the molecule is CN(C)c1ncc(/C=C/C=C/C=C/C=C(C#N)C#N)cn1. The third-order valence-electron chi connectivity index (χ3n) is 2.30. The number of hydrogen-bond donors (Lipinski definition) is 0. The summed E-state index contributed by atoms with van der Waals surface area (Å²) in [6.07, 6.45) is 15.7. The third-order valence-corrected chi connectivity index (χ3v) is 2.30. The molecule has 0 aliphatic rings. The fourth-order valence-electron chi connectivity index (χ4n) is 1.26. The van der Waals surface area contributed by atoms with Crippen molar-refractivity contribution in [1.82, 2.24) is 9.97 Å². The monoisotopic (exact) mass is 277 g/mol. The van der Waals surface area contributed by atoms with Crippen LogP contribution in [0.1, 0.15) is 5.56 Å². The Balaban J connectivity index is 2.53. The molecule has 0 aliphatic heterocycles. The number of nitriles is 2. The van der Waals surface area contributed by atoms with Gasteiger partial charge in [-0.2, -0.15) is 10.5 Å². The highest BCUT2D eigenvalue weighted by Gasteiger charge is 1.96. The van der Waals surface area contributed by atoms with Crippen LogP contribution in [-0.2, 0) is 0 Å². The van der Waals surface area contributed by atoms with Gasteiger partial charge < -0.3 is 4.90 Å². The summed E-state index contributed by atoms with van der Waals surface area (Å²) in [6, 6.07) is 3.56. The van der Waals surface area contributed by atoms with E-state index in [0.717, 1.165) is 5.56 Å². The molecule has 0 saturated heterocycles. The van der Waals surface area contributed by atoms with E-state index in [4.69, 9.17) is 10.5 Å². The lowest BCUT2D eigenvalue weighted by Crippen LogP contribution is -2.12. The molecule has 0 saturated carbocycles. The fourth-order valence-corrected chi connectivity index (χ4v) is 1.26. The van der Waals surface area contributed by atoms with E-state index in [1.807, 2.05) is 37.2 Å². The zero-order chi connectivity index (χ0) is 15.5. The molecular formula is C16H15N5. The first-order chi connectivity index (χ1) is 10.2. The van der Waals surface area contributed by atoms with Crippen LogP contribution in [0, 0.1) is 22.7 Å². The smallest absolute Gasteiger partial charge is 0.224 e. The maximum atomic E-state index is 8.53. The van der Waals surface area contributed by atoms with Crippen molar-refractivity contribution in [1.29, 1.82) is 10.5 Å². The Bertz CT molecular complexity index is 633. The van der Waals surface area contributed by atoms with Crippen molar-refractivity contribution in [3.8, 4) is 12.1 Å². The molecule has 21 heavy (non-hydrogen) atoms. The van der Waals surface area contributed by atoms with Gasteiger partial charge >= 0.3 is 0 Å². The predicted octanol–water partition coefficient (Wildman–Crippen LogP) is 2.64. The van der Waals surface area contributed by atoms with Gasteiger partial charge in [-0.25, -0.2) is 9.97 Å².